The summed E-state index contributed by atoms with van der Waals surface area (Å²) in [6.45, 7) is 5.49. The van der Waals surface area contributed by atoms with Crippen LogP contribution in [0.1, 0.15) is 24.0 Å². The number of rotatable bonds is 4. The molecule has 3 rings (SSSR count). The largest absolute Gasteiger partial charge is 0.367 e. The number of anilines is 1. The molecule has 1 aliphatic rings. The number of sulfonamides is 1. The van der Waals surface area contributed by atoms with Crippen molar-refractivity contribution >= 4 is 15.7 Å². The molecule has 0 saturated carbocycles. The van der Waals surface area contributed by atoms with Crippen molar-refractivity contribution in [3.63, 3.8) is 0 Å². The molecule has 2 heterocycles. The summed E-state index contributed by atoms with van der Waals surface area (Å²) in [6, 6.07) is 5.17. The van der Waals surface area contributed by atoms with Gasteiger partial charge in [0.1, 0.15) is 0 Å². The molecule has 1 aromatic heterocycles. The molecule has 24 heavy (non-hydrogen) atoms. The van der Waals surface area contributed by atoms with Gasteiger partial charge in [-0.3, -0.25) is 4.68 Å². The van der Waals surface area contributed by atoms with Gasteiger partial charge < -0.3 is 4.90 Å². The SMILES string of the molecule is Cc1ccc(S(=O)(=O)N[C@H]2CCCN(c3cnn(C)c3)C2)cc1C. The van der Waals surface area contributed by atoms with E-state index in [1.165, 1.54) is 0 Å². The zero-order valence-electron chi connectivity index (χ0n) is 14.4. The lowest BCUT2D eigenvalue weighted by atomic mass is 10.1. The Bertz CT molecular complexity index is 829. The summed E-state index contributed by atoms with van der Waals surface area (Å²) in [4.78, 5) is 2.52. The third-order valence-corrected chi connectivity index (χ3v) is 6.11. The van der Waals surface area contributed by atoms with Crippen molar-refractivity contribution in [2.45, 2.75) is 37.6 Å². The van der Waals surface area contributed by atoms with Gasteiger partial charge in [-0.1, -0.05) is 6.07 Å². The summed E-state index contributed by atoms with van der Waals surface area (Å²) in [6.07, 6.45) is 5.58. The molecule has 7 heteroatoms. The summed E-state index contributed by atoms with van der Waals surface area (Å²) >= 11 is 0. The molecule has 1 fully saturated rings. The lowest BCUT2D eigenvalue weighted by Gasteiger charge is -2.33. The van der Waals surface area contributed by atoms with Gasteiger partial charge in [0.2, 0.25) is 10.0 Å². The molecule has 1 atom stereocenters. The monoisotopic (exact) mass is 348 g/mol. The number of hydrogen-bond acceptors (Lipinski definition) is 4. The summed E-state index contributed by atoms with van der Waals surface area (Å²) in [7, 11) is -1.61. The van der Waals surface area contributed by atoms with Crippen LogP contribution in [0, 0.1) is 13.8 Å². The van der Waals surface area contributed by atoms with Crippen LogP contribution in [-0.4, -0.2) is 37.3 Å². The molecule has 1 aliphatic heterocycles. The van der Waals surface area contributed by atoms with Gasteiger partial charge in [-0.15, -0.1) is 0 Å². The molecule has 0 spiro atoms. The predicted molar refractivity (Wildman–Crippen MR) is 94.7 cm³/mol. The van der Waals surface area contributed by atoms with Crippen LogP contribution in [0.5, 0.6) is 0 Å². The predicted octanol–water partition coefficient (Wildman–Crippen LogP) is 1.98. The van der Waals surface area contributed by atoms with Crippen molar-refractivity contribution in [2.75, 3.05) is 18.0 Å². The standard InChI is InChI=1S/C17H24N4O2S/c1-13-6-7-17(9-14(13)2)24(22,23)19-15-5-4-8-21(11-15)16-10-18-20(3)12-16/h6-7,9-10,12,15,19H,4-5,8,11H2,1-3H3/t15-/m0/s1. The third kappa shape index (κ3) is 3.62. The molecular weight excluding hydrogens is 324 g/mol. The van der Waals surface area contributed by atoms with Crippen molar-refractivity contribution < 1.29 is 8.42 Å². The number of hydrogen-bond donors (Lipinski definition) is 1. The van der Waals surface area contributed by atoms with Crippen LogP contribution in [0.25, 0.3) is 0 Å². The van der Waals surface area contributed by atoms with E-state index in [0.29, 0.717) is 11.4 Å². The van der Waals surface area contributed by atoms with E-state index in [2.05, 4.69) is 14.7 Å². The maximum Gasteiger partial charge on any atom is 0.240 e. The Morgan fingerprint density at radius 1 is 1.25 bits per heavy atom. The van der Waals surface area contributed by atoms with E-state index in [-0.39, 0.29) is 6.04 Å². The number of aryl methyl sites for hydroxylation is 3. The lowest BCUT2D eigenvalue weighted by molar-refractivity contribution is 0.466. The topological polar surface area (TPSA) is 67.2 Å². The van der Waals surface area contributed by atoms with E-state index in [1.807, 2.05) is 39.4 Å². The molecule has 1 aromatic carbocycles. The van der Waals surface area contributed by atoms with Crippen LogP contribution in [0.3, 0.4) is 0 Å². The van der Waals surface area contributed by atoms with Crippen LogP contribution in [-0.2, 0) is 17.1 Å². The van der Waals surface area contributed by atoms with E-state index in [0.717, 1.165) is 36.2 Å². The second kappa shape index (κ2) is 6.57. The van der Waals surface area contributed by atoms with Gasteiger partial charge in [0.15, 0.2) is 0 Å². The Morgan fingerprint density at radius 2 is 2.04 bits per heavy atom. The van der Waals surface area contributed by atoms with Gasteiger partial charge in [0, 0.05) is 32.4 Å². The second-order valence-corrected chi connectivity index (χ2v) is 8.24. The summed E-state index contributed by atoms with van der Waals surface area (Å²) < 4.78 is 30.0. The molecule has 6 nitrogen and oxygen atoms in total. The molecule has 0 unspecified atom stereocenters. The average Bonchev–Trinajstić information content (AvgIpc) is 2.96. The Morgan fingerprint density at radius 3 is 2.71 bits per heavy atom. The Hall–Kier alpha value is -1.86. The number of benzene rings is 1. The summed E-state index contributed by atoms with van der Waals surface area (Å²) in [5.41, 5.74) is 3.11. The molecule has 0 aliphatic carbocycles. The summed E-state index contributed by atoms with van der Waals surface area (Å²) in [5, 5.41) is 4.19. The maximum absolute atomic E-state index is 12.7. The van der Waals surface area contributed by atoms with Gasteiger partial charge in [-0.05, 0) is 49.9 Å². The van der Waals surface area contributed by atoms with E-state index in [4.69, 9.17) is 0 Å². The van der Waals surface area contributed by atoms with Crippen LogP contribution >= 0.6 is 0 Å². The average molecular weight is 348 g/mol. The van der Waals surface area contributed by atoms with Crippen LogP contribution in [0.15, 0.2) is 35.5 Å². The first kappa shape index (κ1) is 17.0. The molecule has 0 radical (unpaired) electrons. The normalized spacial score (nSPS) is 18.8. The lowest BCUT2D eigenvalue weighted by Crippen LogP contribution is -2.47. The number of nitrogens with one attached hydrogen (secondary N) is 1. The fourth-order valence-corrected chi connectivity index (χ4v) is 4.39. The van der Waals surface area contributed by atoms with Crippen molar-refractivity contribution in [3.05, 3.63) is 41.7 Å². The smallest absolute Gasteiger partial charge is 0.240 e. The fourth-order valence-electron chi connectivity index (χ4n) is 3.05. The molecular formula is C17H24N4O2S. The minimum Gasteiger partial charge on any atom is -0.367 e. The van der Waals surface area contributed by atoms with E-state index in [1.54, 1.807) is 16.8 Å². The molecule has 1 saturated heterocycles. The zero-order valence-corrected chi connectivity index (χ0v) is 15.2. The molecule has 130 valence electrons. The quantitative estimate of drug-likeness (QED) is 0.917. The molecule has 0 bridgehead atoms. The zero-order chi connectivity index (χ0) is 17.3. The number of piperidine rings is 1. The van der Waals surface area contributed by atoms with Crippen molar-refractivity contribution in [3.8, 4) is 0 Å². The Labute approximate surface area is 143 Å². The van der Waals surface area contributed by atoms with Gasteiger partial charge in [0.05, 0.1) is 16.8 Å². The number of aromatic nitrogens is 2. The molecule has 2 aromatic rings. The van der Waals surface area contributed by atoms with Crippen molar-refractivity contribution in [1.82, 2.24) is 14.5 Å². The highest BCUT2D eigenvalue weighted by molar-refractivity contribution is 7.89. The molecule has 1 N–H and O–H groups in total. The van der Waals surface area contributed by atoms with E-state index >= 15 is 0 Å². The highest BCUT2D eigenvalue weighted by Crippen LogP contribution is 2.21. The van der Waals surface area contributed by atoms with Crippen LogP contribution in [0.4, 0.5) is 5.69 Å². The van der Waals surface area contributed by atoms with Crippen molar-refractivity contribution in [1.29, 1.82) is 0 Å². The Balaban J connectivity index is 1.73. The van der Waals surface area contributed by atoms with Crippen LogP contribution < -0.4 is 9.62 Å². The minimum absolute atomic E-state index is 0.0921. The second-order valence-electron chi connectivity index (χ2n) is 6.52. The van der Waals surface area contributed by atoms with Gasteiger partial charge in [-0.2, -0.15) is 5.10 Å². The van der Waals surface area contributed by atoms with Gasteiger partial charge in [0.25, 0.3) is 0 Å². The minimum atomic E-state index is -3.50. The number of nitrogens with zero attached hydrogens (tertiary/aromatic N) is 3. The fraction of sp³-hybridized carbons (Fsp3) is 0.471. The van der Waals surface area contributed by atoms with Gasteiger partial charge in [-0.25, -0.2) is 13.1 Å². The van der Waals surface area contributed by atoms with Crippen LogP contribution in [0.2, 0.25) is 0 Å². The van der Waals surface area contributed by atoms with Gasteiger partial charge >= 0.3 is 0 Å². The molecule has 0 amide bonds. The van der Waals surface area contributed by atoms with E-state index in [9.17, 15) is 8.42 Å². The summed E-state index contributed by atoms with van der Waals surface area (Å²) in [5.74, 6) is 0. The Kier molecular flexibility index (Phi) is 4.64. The maximum atomic E-state index is 12.7. The van der Waals surface area contributed by atoms with E-state index < -0.39 is 10.0 Å². The first-order valence-electron chi connectivity index (χ1n) is 8.18. The first-order chi connectivity index (χ1) is 11.3. The first-order valence-corrected chi connectivity index (χ1v) is 9.66. The highest BCUT2D eigenvalue weighted by atomic mass is 32.2. The van der Waals surface area contributed by atoms with Crippen molar-refractivity contribution in [2.24, 2.45) is 7.05 Å². The highest BCUT2D eigenvalue weighted by Gasteiger charge is 2.26. The third-order valence-electron chi connectivity index (χ3n) is 4.59.